The fourth-order valence-electron chi connectivity index (χ4n) is 2.54. The summed E-state index contributed by atoms with van der Waals surface area (Å²) in [4.78, 5) is 12.7. The van der Waals surface area contributed by atoms with E-state index in [2.05, 4.69) is 42.1 Å². The maximum Gasteiger partial charge on any atom is 0.236 e. The summed E-state index contributed by atoms with van der Waals surface area (Å²) in [6.07, 6.45) is 1.75. The lowest BCUT2D eigenvalue weighted by molar-refractivity contribution is 0.249. The van der Waals surface area contributed by atoms with Crippen LogP contribution in [0.4, 0.5) is 0 Å². The van der Waals surface area contributed by atoms with E-state index in [1.165, 1.54) is 4.70 Å². The first-order chi connectivity index (χ1) is 11.7. The van der Waals surface area contributed by atoms with Gasteiger partial charge in [0, 0.05) is 6.54 Å². The molecule has 0 aliphatic carbocycles. The van der Waals surface area contributed by atoms with Crippen LogP contribution in [0.25, 0.3) is 21.0 Å². The molecule has 0 N–H and O–H groups in total. The maximum atomic E-state index is 5.60. The van der Waals surface area contributed by atoms with Gasteiger partial charge in [-0.05, 0) is 37.6 Å². The van der Waals surface area contributed by atoms with Crippen molar-refractivity contribution in [3.05, 3.63) is 58.7 Å². The number of nitrogens with zero attached hydrogens (tertiary/aromatic N) is 3. The van der Waals surface area contributed by atoms with Crippen LogP contribution in [-0.2, 0) is 6.54 Å². The van der Waals surface area contributed by atoms with Crippen molar-refractivity contribution in [2.24, 2.45) is 0 Å². The fraction of sp³-hybridized carbons (Fsp3) is 0.222. The van der Waals surface area contributed by atoms with Crippen LogP contribution < -0.4 is 0 Å². The molecule has 1 atom stereocenters. The van der Waals surface area contributed by atoms with Crippen molar-refractivity contribution in [2.75, 3.05) is 7.05 Å². The van der Waals surface area contributed by atoms with Crippen molar-refractivity contribution in [3.63, 3.8) is 0 Å². The Kier molecular flexibility index (Phi) is 4.18. The van der Waals surface area contributed by atoms with Crippen molar-refractivity contribution < 1.29 is 4.42 Å². The molecule has 0 bridgehead atoms. The van der Waals surface area contributed by atoms with Gasteiger partial charge in [-0.3, -0.25) is 4.90 Å². The number of thiazole rings is 1. The number of rotatable bonds is 5. The third-order valence-electron chi connectivity index (χ3n) is 4.02. The first-order valence-electron chi connectivity index (χ1n) is 7.74. The molecule has 3 heterocycles. The third-order valence-corrected chi connectivity index (χ3v) is 6.09. The van der Waals surface area contributed by atoms with E-state index in [4.69, 9.17) is 9.40 Å². The Morgan fingerprint density at radius 3 is 2.83 bits per heavy atom. The topological polar surface area (TPSA) is 42.2 Å². The zero-order valence-electron chi connectivity index (χ0n) is 13.5. The van der Waals surface area contributed by atoms with E-state index in [9.17, 15) is 0 Å². The molecule has 0 spiro atoms. The quantitative estimate of drug-likeness (QED) is 0.493. The standard InChI is InChI=1S/C18H17N3OS2/c1-12(18-20-14-6-3-4-7-15(14)24-18)21(2)10-13-11-22-17(19-13)16-8-5-9-23-16/h3-9,11-12H,10H2,1-2H3/t12-/m1/s1. The molecular formula is C18H17N3OS2. The van der Waals surface area contributed by atoms with Gasteiger partial charge >= 0.3 is 0 Å². The monoisotopic (exact) mass is 355 g/mol. The van der Waals surface area contributed by atoms with Crippen LogP contribution in [0, 0.1) is 0 Å². The minimum Gasteiger partial charge on any atom is -0.444 e. The normalized spacial score (nSPS) is 13.0. The predicted octanol–water partition coefficient (Wildman–Crippen LogP) is 5.21. The minimum atomic E-state index is 0.226. The average Bonchev–Trinajstić information content (AvgIpc) is 3.32. The smallest absolute Gasteiger partial charge is 0.236 e. The molecule has 0 amide bonds. The van der Waals surface area contributed by atoms with E-state index in [0.29, 0.717) is 5.89 Å². The summed E-state index contributed by atoms with van der Waals surface area (Å²) >= 11 is 3.39. The van der Waals surface area contributed by atoms with Crippen LogP contribution in [-0.4, -0.2) is 21.9 Å². The van der Waals surface area contributed by atoms with E-state index in [0.717, 1.165) is 27.6 Å². The lowest BCUT2D eigenvalue weighted by atomic mass is 10.3. The van der Waals surface area contributed by atoms with Gasteiger partial charge in [-0.1, -0.05) is 18.2 Å². The molecule has 0 aliphatic heterocycles. The molecule has 0 fully saturated rings. The fourth-order valence-corrected chi connectivity index (χ4v) is 4.28. The summed E-state index contributed by atoms with van der Waals surface area (Å²) in [5.41, 5.74) is 2.01. The largest absolute Gasteiger partial charge is 0.444 e. The van der Waals surface area contributed by atoms with Crippen molar-refractivity contribution in [1.82, 2.24) is 14.9 Å². The van der Waals surface area contributed by atoms with Crippen LogP contribution in [0.15, 0.2) is 52.5 Å². The molecule has 0 aliphatic rings. The molecule has 0 saturated carbocycles. The van der Waals surface area contributed by atoms with Gasteiger partial charge in [-0.2, -0.15) is 0 Å². The van der Waals surface area contributed by atoms with Gasteiger partial charge in [0.15, 0.2) is 0 Å². The second-order valence-electron chi connectivity index (χ2n) is 5.73. The van der Waals surface area contributed by atoms with Crippen LogP contribution in [0.5, 0.6) is 0 Å². The van der Waals surface area contributed by atoms with Gasteiger partial charge in [0.05, 0.1) is 26.8 Å². The Bertz CT molecular complexity index is 909. The molecule has 6 heteroatoms. The second kappa shape index (κ2) is 6.47. The Morgan fingerprint density at radius 1 is 1.17 bits per heavy atom. The highest BCUT2D eigenvalue weighted by atomic mass is 32.1. The first-order valence-corrected chi connectivity index (χ1v) is 9.44. The molecule has 122 valence electrons. The molecule has 1 aromatic carbocycles. The van der Waals surface area contributed by atoms with E-state index in [1.807, 2.05) is 23.6 Å². The molecule has 0 unspecified atom stereocenters. The molecule has 4 nitrogen and oxygen atoms in total. The number of oxazole rings is 1. The number of hydrogen-bond donors (Lipinski definition) is 0. The molecule has 0 radical (unpaired) electrons. The zero-order valence-corrected chi connectivity index (χ0v) is 15.1. The average molecular weight is 355 g/mol. The Morgan fingerprint density at radius 2 is 2.04 bits per heavy atom. The van der Waals surface area contributed by atoms with Gasteiger partial charge in [-0.25, -0.2) is 9.97 Å². The zero-order chi connectivity index (χ0) is 16.5. The van der Waals surface area contributed by atoms with Crippen LogP contribution in [0.2, 0.25) is 0 Å². The molecule has 0 saturated heterocycles. The molecular weight excluding hydrogens is 338 g/mol. The SMILES string of the molecule is C[C@H](c1nc2ccccc2s1)N(C)Cc1coc(-c2cccs2)n1. The van der Waals surface area contributed by atoms with Gasteiger partial charge < -0.3 is 4.42 Å². The number of benzene rings is 1. The van der Waals surface area contributed by atoms with Crippen LogP contribution >= 0.6 is 22.7 Å². The first kappa shape index (κ1) is 15.5. The lowest BCUT2D eigenvalue weighted by Gasteiger charge is -2.21. The summed E-state index contributed by atoms with van der Waals surface area (Å²) < 4.78 is 6.83. The summed E-state index contributed by atoms with van der Waals surface area (Å²) in [6.45, 7) is 2.91. The highest BCUT2D eigenvalue weighted by Gasteiger charge is 2.18. The number of hydrogen-bond acceptors (Lipinski definition) is 6. The molecule has 24 heavy (non-hydrogen) atoms. The van der Waals surface area contributed by atoms with Crippen molar-refractivity contribution in [1.29, 1.82) is 0 Å². The van der Waals surface area contributed by atoms with Gasteiger partial charge in [-0.15, -0.1) is 22.7 Å². The maximum absolute atomic E-state index is 5.60. The van der Waals surface area contributed by atoms with Crippen LogP contribution in [0.1, 0.15) is 23.7 Å². The number of para-hydroxylation sites is 1. The van der Waals surface area contributed by atoms with Crippen molar-refractivity contribution in [2.45, 2.75) is 19.5 Å². The van der Waals surface area contributed by atoms with Crippen molar-refractivity contribution in [3.8, 4) is 10.8 Å². The molecule has 4 aromatic rings. The molecule has 4 rings (SSSR count). The predicted molar refractivity (Wildman–Crippen MR) is 99.3 cm³/mol. The van der Waals surface area contributed by atoms with Gasteiger partial charge in [0.2, 0.25) is 5.89 Å². The number of thiophene rings is 1. The highest BCUT2D eigenvalue weighted by Crippen LogP contribution is 2.30. The number of fused-ring (bicyclic) bond motifs is 1. The van der Waals surface area contributed by atoms with Crippen molar-refractivity contribution >= 4 is 32.9 Å². The Balaban J connectivity index is 1.50. The minimum absolute atomic E-state index is 0.226. The van der Waals surface area contributed by atoms with E-state index in [1.54, 1.807) is 28.9 Å². The molecule has 3 aromatic heterocycles. The Hall–Kier alpha value is -2.02. The summed E-state index contributed by atoms with van der Waals surface area (Å²) in [7, 11) is 2.09. The van der Waals surface area contributed by atoms with Gasteiger partial charge in [0.1, 0.15) is 11.3 Å². The van der Waals surface area contributed by atoms with Crippen LogP contribution in [0.3, 0.4) is 0 Å². The summed E-state index contributed by atoms with van der Waals surface area (Å²) in [5.74, 6) is 0.695. The summed E-state index contributed by atoms with van der Waals surface area (Å²) in [5, 5.41) is 3.15. The second-order valence-corrected chi connectivity index (χ2v) is 7.74. The van der Waals surface area contributed by atoms with Gasteiger partial charge in [0.25, 0.3) is 0 Å². The Labute approximate surface area is 148 Å². The van der Waals surface area contributed by atoms with E-state index < -0.39 is 0 Å². The highest BCUT2D eigenvalue weighted by molar-refractivity contribution is 7.18. The number of aromatic nitrogens is 2. The third kappa shape index (κ3) is 3.00. The van der Waals surface area contributed by atoms with E-state index in [-0.39, 0.29) is 6.04 Å². The van der Waals surface area contributed by atoms with E-state index >= 15 is 0 Å². The summed E-state index contributed by atoms with van der Waals surface area (Å²) in [6, 6.07) is 12.5. The lowest BCUT2D eigenvalue weighted by Crippen LogP contribution is -2.21.